The van der Waals surface area contributed by atoms with E-state index in [0.717, 1.165) is 38.6 Å². The summed E-state index contributed by atoms with van der Waals surface area (Å²) in [6.07, 6.45) is -2.14. The Balaban J connectivity index is 1.24. The Labute approximate surface area is 366 Å². The lowest BCUT2D eigenvalue weighted by Crippen LogP contribution is -2.46. The van der Waals surface area contributed by atoms with E-state index in [1.807, 2.05) is 130 Å². The van der Waals surface area contributed by atoms with E-state index in [1.54, 1.807) is 20.3 Å². The molecule has 4 aromatic carbocycles. The molecule has 16 heteroatoms. The van der Waals surface area contributed by atoms with E-state index >= 15 is 0 Å². The van der Waals surface area contributed by atoms with E-state index in [4.69, 9.17) is 23.3 Å². The maximum absolute atomic E-state index is 14.1. The molecule has 0 saturated carbocycles. The molecule has 1 fully saturated rings. The minimum atomic E-state index is -4.08. The number of ether oxygens (including phenoxy) is 3. The predicted molar refractivity (Wildman–Crippen MR) is 239 cm³/mol. The van der Waals surface area contributed by atoms with Gasteiger partial charge < -0.3 is 29.7 Å². The Hall–Kier alpha value is -4.83. The number of nitrogens with zero attached hydrogens (tertiary/aromatic N) is 2. The SMILES string of the molecule is CCC(C)(C)C(=O)SCCOP(=O)(NCc1ccccc1)OC[C@H]1OC(n2ccc(NC(c3ccccc3)(c3ccc(OC)cc3)c3ccc(OC)cc3)nc2=O)[C@@](C)(O)C1O. The lowest BCUT2D eigenvalue weighted by Gasteiger charge is -2.37. The highest BCUT2D eigenvalue weighted by Crippen LogP contribution is 2.47. The van der Waals surface area contributed by atoms with Crippen LogP contribution in [0.25, 0.3) is 0 Å². The van der Waals surface area contributed by atoms with Crippen molar-refractivity contribution in [1.82, 2.24) is 14.6 Å². The summed E-state index contributed by atoms with van der Waals surface area (Å²) in [5.74, 6) is 1.77. The molecule has 0 radical (unpaired) electrons. The summed E-state index contributed by atoms with van der Waals surface area (Å²) in [5, 5.41) is 29.4. The van der Waals surface area contributed by atoms with Crippen LogP contribution >= 0.6 is 19.5 Å². The van der Waals surface area contributed by atoms with Crippen molar-refractivity contribution in [2.24, 2.45) is 5.41 Å². The van der Waals surface area contributed by atoms with Crippen molar-refractivity contribution in [3.05, 3.63) is 154 Å². The van der Waals surface area contributed by atoms with Crippen LogP contribution in [0.3, 0.4) is 0 Å². The maximum Gasteiger partial charge on any atom is 0.405 e. The van der Waals surface area contributed by atoms with E-state index in [-0.39, 0.29) is 29.8 Å². The van der Waals surface area contributed by atoms with E-state index in [1.165, 1.54) is 13.1 Å². The van der Waals surface area contributed by atoms with Gasteiger partial charge in [-0.05, 0) is 65.9 Å². The number of hydrogen-bond donors (Lipinski definition) is 4. The summed E-state index contributed by atoms with van der Waals surface area (Å²) >= 11 is 1.09. The van der Waals surface area contributed by atoms with Crippen molar-refractivity contribution in [3.63, 3.8) is 0 Å². The summed E-state index contributed by atoms with van der Waals surface area (Å²) < 4.78 is 43.8. The first kappa shape index (κ1) is 46.7. The standard InChI is InChI=1S/C46H55N4O10PS/c1-7-44(2,3)42(52)62-29-28-58-61(55,47-30-32-14-10-8-11-15-32)59-31-38-40(51)45(4,54)41(60-38)50-27-26-39(48-43(50)53)49-46(33-16-12-9-13-17-33,34-18-22-36(56-5)23-19-34)35-20-24-37(57-6)25-21-35/h8-27,38,40-41,51,54H,7,28-31H2,1-6H3,(H,47,55)(H,48,49,53)/t38-,40?,41?,45+,61?/m1/s1. The molecule has 5 aromatic rings. The molecule has 14 nitrogen and oxygen atoms in total. The first-order valence-corrected chi connectivity index (χ1v) is 22.8. The molecule has 1 saturated heterocycles. The Bertz CT molecular complexity index is 2300. The summed E-state index contributed by atoms with van der Waals surface area (Å²) in [6.45, 7) is 6.59. The van der Waals surface area contributed by atoms with Gasteiger partial charge in [-0.1, -0.05) is 117 Å². The fourth-order valence-electron chi connectivity index (χ4n) is 7.03. The molecule has 6 rings (SSSR count). The van der Waals surface area contributed by atoms with Crippen molar-refractivity contribution < 1.29 is 42.8 Å². The van der Waals surface area contributed by atoms with Gasteiger partial charge in [-0.3, -0.25) is 18.4 Å². The van der Waals surface area contributed by atoms with Gasteiger partial charge in [0.25, 0.3) is 0 Å². The van der Waals surface area contributed by atoms with Crippen molar-refractivity contribution in [3.8, 4) is 11.5 Å². The lowest BCUT2D eigenvalue weighted by atomic mass is 9.77. The second-order valence-corrected chi connectivity index (χ2v) is 18.6. The second kappa shape index (κ2) is 20.1. The molecular formula is C46H55N4O10PS. The number of hydrogen-bond acceptors (Lipinski definition) is 13. The topological polar surface area (TPSA) is 180 Å². The van der Waals surface area contributed by atoms with Gasteiger partial charge in [0.05, 0.1) is 27.4 Å². The average molecular weight is 887 g/mol. The first-order valence-electron chi connectivity index (χ1n) is 20.3. The van der Waals surface area contributed by atoms with Crippen LogP contribution in [-0.4, -0.2) is 75.9 Å². The third-order valence-corrected chi connectivity index (χ3v) is 13.9. The normalized spacial score (nSPS) is 20.0. The van der Waals surface area contributed by atoms with Gasteiger partial charge in [0, 0.05) is 23.9 Å². The van der Waals surface area contributed by atoms with Gasteiger partial charge in [-0.25, -0.2) is 14.4 Å². The highest BCUT2D eigenvalue weighted by atomic mass is 32.2. The Morgan fingerprint density at radius 1 is 0.887 bits per heavy atom. The lowest BCUT2D eigenvalue weighted by molar-refractivity contribution is -0.118. The molecular weight excluding hydrogens is 832 g/mol. The van der Waals surface area contributed by atoms with Crippen LogP contribution in [0.1, 0.15) is 62.6 Å². The summed E-state index contributed by atoms with van der Waals surface area (Å²) in [5.41, 5.74) is -1.09. The number of rotatable bonds is 20. The minimum absolute atomic E-state index is 0.00844. The average Bonchev–Trinajstić information content (AvgIpc) is 3.52. The van der Waals surface area contributed by atoms with E-state index in [9.17, 15) is 24.4 Å². The molecule has 1 aliphatic rings. The highest BCUT2D eigenvalue weighted by Gasteiger charge is 2.54. The van der Waals surface area contributed by atoms with E-state index < -0.39 is 55.0 Å². The monoisotopic (exact) mass is 886 g/mol. The number of nitrogens with one attached hydrogen (secondary N) is 2. The van der Waals surface area contributed by atoms with Gasteiger partial charge in [-0.15, -0.1) is 0 Å². The van der Waals surface area contributed by atoms with Crippen LogP contribution < -0.4 is 25.6 Å². The van der Waals surface area contributed by atoms with Crippen LogP contribution in [0.2, 0.25) is 0 Å². The van der Waals surface area contributed by atoms with Gasteiger partial charge in [0.2, 0.25) is 0 Å². The molecule has 0 aliphatic carbocycles. The predicted octanol–water partition coefficient (Wildman–Crippen LogP) is 7.30. The Morgan fingerprint density at radius 2 is 1.45 bits per heavy atom. The molecule has 1 aromatic heterocycles. The number of carbonyl (C=O) groups is 1. The highest BCUT2D eigenvalue weighted by molar-refractivity contribution is 8.13. The molecule has 0 amide bonds. The van der Waals surface area contributed by atoms with Crippen LogP contribution in [-0.2, 0) is 35.2 Å². The molecule has 62 heavy (non-hydrogen) atoms. The van der Waals surface area contributed by atoms with Gasteiger partial charge in [0.15, 0.2) is 11.3 Å². The number of thioether (sulfide) groups is 1. The zero-order valence-electron chi connectivity index (χ0n) is 35.7. The largest absolute Gasteiger partial charge is 0.497 e. The van der Waals surface area contributed by atoms with Crippen LogP contribution in [0.15, 0.2) is 126 Å². The number of carbonyl (C=O) groups excluding carboxylic acids is 1. The fourth-order valence-corrected chi connectivity index (χ4v) is 9.35. The first-order chi connectivity index (χ1) is 29.7. The quantitative estimate of drug-likeness (QED) is 0.0348. The van der Waals surface area contributed by atoms with Gasteiger partial charge >= 0.3 is 13.4 Å². The molecule has 3 unspecified atom stereocenters. The van der Waals surface area contributed by atoms with Gasteiger partial charge in [-0.2, -0.15) is 4.98 Å². The fraction of sp³-hybridized carbons (Fsp3) is 0.370. The number of benzene rings is 4. The minimum Gasteiger partial charge on any atom is -0.497 e. The maximum atomic E-state index is 14.1. The van der Waals surface area contributed by atoms with E-state index in [0.29, 0.717) is 17.9 Å². The Morgan fingerprint density at radius 3 is 2.00 bits per heavy atom. The van der Waals surface area contributed by atoms with Crippen LogP contribution in [0.5, 0.6) is 11.5 Å². The Kier molecular flexibility index (Phi) is 15.1. The number of anilines is 1. The van der Waals surface area contributed by atoms with Crippen LogP contribution in [0.4, 0.5) is 5.82 Å². The zero-order chi connectivity index (χ0) is 44.5. The second-order valence-electron chi connectivity index (χ2n) is 15.7. The summed E-state index contributed by atoms with van der Waals surface area (Å²) in [4.78, 5) is 31.1. The molecule has 330 valence electrons. The number of aliphatic hydroxyl groups excluding tert-OH is 1. The molecule has 5 atom stereocenters. The number of aliphatic hydroxyl groups is 2. The molecule has 0 bridgehead atoms. The molecule has 0 spiro atoms. The third kappa shape index (κ3) is 10.5. The number of aromatic nitrogens is 2. The molecule has 4 N–H and O–H groups in total. The van der Waals surface area contributed by atoms with E-state index in [2.05, 4.69) is 15.4 Å². The zero-order valence-corrected chi connectivity index (χ0v) is 37.4. The van der Waals surface area contributed by atoms with Crippen molar-refractivity contribution in [2.75, 3.05) is 38.5 Å². The number of methoxy groups -OCH3 is 2. The molecule has 1 aliphatic heterocycles. The summed E-state index contributed by atoms with van der Waals surface area (Å²) in [7, 11) is -0.885. The third-order valence-electron chi connectivity index (χ3n) is 11.1. The van der Waals surface area contributed by atoms with Crippen molar-refractivity contribution >= 4 is 30.4 Å². The van der Waals surface area contributed by atoms with Crippen LogP contribution in [0, 0.1) is 5.41 Å². The van der Waals surface area contributed by atoms with Crippen molar-refractivity contribution in [1.29, 1.82) is 0 Å². The molecule has 2 heterocycles. The van der Waals surface area contributed by atoms with Crippen molar-refractivity contribution in [2.45, 2.75) is 70.2 Å². The summed E-state index contributed by atoms with van der Waals surface area (Å²) in [6, 6.07) is 35.7. The van der Waals surface area contributed by atoms with Gasteiger partial charge in [0.1, 0.15) is 40.7 Å². The smallest absolute Gasteiger partial charge is 0.405 e.